The number of aryl methyl sites for hydroxylation is 1. The third kappa shape index (κ3) is 2.85. The number of hydrogen-bond donors (Lipinski definition) is 4. The molecule has 5 atom stereocenters. The van der Waals surface area contributed by atoms with Crippen LogP contribution in [0.1, 0.15) is 29.7 Å². The summed E-state index contributed by atoms with van der Waals surface area (Å²) in [5, 5.41) is 32.1. The van der Waals surface area contributed by atoms with Gasteiger partial charge in [-0.25, -0.2) is 0 Å². The molecule has 0 radical (unpaired) electrons. The Morgan fingerprint density at radius 3 is 2.55 bits per heavy atom. The molecule has 1 aliphatic rings. The van der Waals surface area contributed by atoms with Gasteiger partial charge in [-0.1, -0.05) is 6.92 Å². The van der Waals surface area contributed by atoms with Crippen LogP contribution in [0.5, 0.6) is 0 Å². The van der Waals surface area contributed by atoms with Gasteiger partial charge < -0.3 is 29.8 Å². The number of ether oxygens (including phenoxy) is 1. The van der Waals surface area contributed by atoms with E-state index in [4.69, 9.17) is 9.15 Å². The van der Waals surface area contributed by atoms with Gasteiger partial charge in [0.05, 0.1) is 6.10 Å². The standard InChI is InChI=1S/C13H19NO6/c1-3-7-10(15)11(16)9(13(18)20-7)14-12(17)8-5-4-6(2)19-8/h4-5,7,9-11,13,15-16,18H,3H2,1-2H3,(H,14,17)/t7-,9-,10-,11-,13?/m1/s1. The second kappa shape index (κ2) is 5.92. The number of furan rings is 1. The van der Waals surface area contributed by atoms with Gasteiger partial charge in [0.1, 0.15) is 24.0 Å². The van der Waals surface area contributed by atoms with E-state index in [-0.39, 0.29) is 5.76 Å². The Hall–Kier alpha value is -1.41. The number of carbonyl (C=O) groups is 1. The van der Waals surface area contributed by atoms with Gasteiger partial charge in [-0.15, -0.1) is 0 Å². The van der Waals surface area contributed by atoms with E-state index in [0.29, 0.717) is 12.2 Å². The molecule has 2 heterocycles. The Morgan fingerprint density at radius 2 is 2.00 bits per heavy atom. The Morgan fingerprint density at radius 1 is 1.30 bits per heavy atom. The van der Waals surface area contributed by atoms with Crippen LogP contribution in [0.15, 0.2) is 16.5 Å². The Kier molecular flexibility index (Phi) is 4.44. The largest absolute Gasteiger partial charge is 0.456 e. The highest BCUT2D eigenvalue weighted by Crippen LogP contribution is 2.22. The zero-order valence-corrected chi connectivity index (χ0v) is 11.3. The molecule has 0 aromatic carbocycles. The topological polar surface area (TPSA) is 112 Å². The van der Waals surface area contributed by atoms with Crippen LogP contribution >= 0.6 is 0 Å². The number of aliphatic hydroxyl groups excluding tert-OH is 3. The monoisotopic (exact) mass is 285 g/mol. The number of hydrogen-bond acceptors (Lipinski definition) is 6. The average Bonchev–Trinajstić information content (AvgIpc) is 2.85. The van der Waals surface area contributed by atoms with Crippen molar-refractivity contribution in [3.8, 4) is 0 Å². The van der Waals surface area contributed by atoms with E-state index < -0.39 is 36.6 Å². The molecule has 20 heavy (non-hydrogen) atoms. The minimum Gasteiger partial charge on any atom is -0.456 e. The minimum absolute atomic E-state index is 0.0639. The van der Waals surface area contributed by atoms with Crippen LogP contribution < -0.4 is 5.32 Å². The van der Waals surface area contributed by atoms with Crippen molar-refractivity contribution in [2.75, 3.05) is 0 Å². The van der Waals surface area contributed by atoms with Crippen molar-refractivity contribution in [1.29, 1.82) is 0 Å². The Balaban J connectivity index is 2.06. The summed E-state index contributed by atoms with van der Waals surface area (Å²) in [4.78, 5) is 11.9. The van der Waals surface area contributed by atoms with Gasteiger partial charge in [-0.05, 0) is 25.5 Å². The first-order chi connectivity index (χ1) is 9.43. The van der Waals surface area contributed by atoms with E-state index in [0.717, 1.165) is 0 Å². The smallest absolute Gasteiger partial charge is 0.287 e. The van der Waals surface area contributed by atoms with Crippen molar-refractivity contribution in [3.63, 3.8) is 0 Å². The molecule has 1 fully saturated rings. The predicted molar refractivity (Wildman–Crippen MR) is 67.9 cm³/mol. The molecule has 2 rings (SSSR count). The second-order valence-corrected chi connectivity index (χ2v) is 4.86. The van der Waals surface area contributed by atoms with Gasteiger partial charge in [0, 0.05) is 0 Å². The molecule has 0 saturated carbocycles. The Bertz CT molecular complexity index is 473. The molecule has 0 bridgehead atoms. The van der Waals surface area contributed by atoms with Crippen LogP contribution in [-0.4, -0.2) is 51.9 Å². The molecule has 1 unspecified atom stereocenters. The maximum atomic E-state index is 11.9. The number of nitrogens with one attached hydrogen (secondary N) is 1. The molecular formula is C13H19NO6. The number of carbonyl (C=O) groups excluding carboxylic acids is 1. The average molecular weight is 285 g/mol. The van der Waals surface area contributed by atoms with Crippen molar-refractivity contribution in [3.05, 3.63) is 23.7 Å². The molecule has 7 nitrogen and oxygen atoms in total. The van der Waals surface area contributed by atoms with Gasteiger partial charge in [-0.3, -0.25) is 4.79 Å². The Labute approximate surface area is 116 Å². The minimum atomic E-state index is -1.39. The van der Waals surface area contributed by atoms with Crippen LogP contribution in [0.2, 0.25) is 0 Å². The van der Waals surface area contributed by atoms with Gasteiger partial charge >= 0.3 is 0 Å². The molecular weight excluding hydrogens is 266 g/mol. The fourth-order valence-electron chi connectivity index (χ4n) is 2.22. The summed E-state index contributed by atoms with van der Waals surface area (Å²) in [7, 11) is 0. The zero-order chi connectivity index (χ0) is 14.9. The van der Waals surface area contributed by atoms with E-state index in [1.54, 1.807) is 19.9 Å². The third-order valence-electron chi connectivity index (χ3n) is 3.38. The molecule has 1 amide bonds. The zero-order valence-electron chi connectivity index (χ0n) is 11.3. The lowest BCUT2D eigenvalue weighted by molar-refractivity contribution is -0.246. The van der Waals surface area contributed by atoms with E-state index in [1.165, 1.54) is 6.07 Å². The fraction of sp³-hybridized carbons (Fsp3) is 0.615. The summed E-state index contributed by atoms with van der Waals surface area (Å²) in [6.07, 6.45) is -4.11. The van der Waals surface area contributed by atoms with E-state index in [9.17, 15) is 20.1 Å². The number of aliphatic hydroxyl groups is 3. The lowest BCUT2D eigenvalue weighted by Gasteiger charge is -2.40. The van der Waals surface area contributed by atoms with Crippen LogP contribution in [-0.2, 0) is 4.74 Å². The van der Waals surface area contributed by atoms with Crippen LogP contribution in [0.25, 0.3) is 0 Å². The quantitative estimate of drug-likeness (QED) is 0.597. The third-order valence-corrected chi connectivity index (χ3v) is 3.38. The van der Waals surface area contributed by atoms with E-state index >= 15 is 0 Å². The first kappa shape index (κ1) is 15.0. The maximum Gasteiger partial charge on any atom is 0.287 e. The lowest BCUT2D eigenvalue weighted by Crippen LogP contribution is -2.63. The van der Waals surface area contributed by atoms with Crippen molar-refractivity contribution in [2.45, 2.75) is 50.9 Å². The summed E-state index contributed by atoms with van der Waals surface area (Å²) in [5.41, 5.74) is 0. The van der Waals surface area contributed by atoms with E-state index in [1.807, 2.05) is 0 Å². The van der Waals surface area contributed by atoms with Gasteiger partial charge in [0.2, 0.25) is 0 Å². The normalized spacial score (nSPS) is 34.0. The van der Waals surface area contributed by atoms with Gasteiger partial charge in [0.25, 0.3) is 5.91 Å². The fourth-order valence-corrected chi connectivity index (χ4v) is 2.22. The van der Waals surface area contributed by atoms with Crippen LogP contribution in [0, 0.1) is 6.92 Å². The van der Waals surface area contributed by atoms with Crippen molar-refractivity contribution < 1.29 is 29.3 Å². The molecule has 7 heteroatoms. The van der Waals surface area contributed by atoms with Crippen LogP contribution in [0.4, 0.5) is 0 Å². The van der Waals surface area contributed by atoms with Gasteiger partial charge in [0.15, 0.2) is 12.1 Å². The predicted octanol–water partition coefficient (Wildman–Crippen LogP) is -0.465. The molecule has 1 aromatic heterocycles. The molecule has 0 spiro atoms. The highest BCUT2D eigenvalue weighted by molar-refractivity contribution is 5.91. The van der Waals surface area contributed by atoms with Crippen molar-refractivity contribution in [2.24, 2.45) is 0 Å². The highest BCUT2D eigenvalue weighted by atomic mass is 16.6. The summed E-state index contributed by atoms with van der Waals surface area (Å²) in [6.45, 7) is 3.46. The summed E-state index contributed by atoms with van der Waals surface area (Å²) >= 11 is 0. The highest BCUT2D eigenvalue weighted by Gasteiger charge is 2.44. The first-order valence-corrected chi connectivity index (χ1v) is 6.51. The molecule has 4 N–H and O–H groups in total. The second-order valence-electron chi connectivity index (χ2n) is 4.86. The maximum absolute atomic E-state index is 11.9. The summed E-state index contributed by atoms with van der Waals surface area (Å²) < 4.78 is 10.3. The summed E-state index contributed by atoms with van der Waals surface area (Å²) in [6, 6.07) is 1.99. The molecule has 1 aliphatic heterocycles. The number of rotatable bonds is 3. The summed E-state index contributed by atoms with van der Waals surface area (Å²) in [5.74, 6) is 0.0446. The number of amides is 1. The molecule has 112 valence electrons. The van der Waals surface area contributed by atoms with Crippen molar-refractivity contribution >= 4 is 5.91 Å². The van der Waals surface area contributed by atoms with Crippen LogP contribution in [0.3, 0.4) is 0 Å². The van der Waals surface area contributed by atoms with Crippen molar-refractivity contribution in [1.82, 2.24) is 5.32 Å². The molecule has 1 aromatic rings. The molecule has 1 saturated heterocycles. The lowest BCUT2D eigenvalue weighted by atomic mass is 9.95. The van der Waals surface area contributed by atoms with Gasteiger partial charge in [-0.2, -0.15) is 0 Å². The molecule has 0 aliphatic carbocycles. The SMILES string of the molecule is CC[C@H]1OC(O)[C@H](NC(=O)c2ccc(C)o2)[C@@H](O)[C@@H]1O. The first-order valence-electron chi connectivity index (χ1n) is 6.51. The van der Waals surface area contributed by atoms with E-state index in [2.05, 4.69) is 5.32 Å².